The summed E-state index contributed by atoms with van der Waals surface area (Å²) in [4.78, 5) is 24.5. The van der Waals surface area contributed by atoms with Gasteiger partial charge in [0.15, 0.2) is 23.9 Å². The highest BCUT2D eigenvalue weighted by atomic mass is 16.5. The molecule has 0 spiro atoms. The second kappa shape index (κ2) is 10.3. The van der Waals surface area contributed by atoms with Gasteiger partial charge in [-0.25, -0.2) is 4.79 Å². The summed E-state index contributed by atoms with van der Waals surface area (Å²) in [7, 11) is 0. The van der Waals surface area contributed by atoms with Gasteiger partial charge in [-0.05, 0) is 37.6 Å². The molecule has 0 bridgehead atoms. The maximum absolute atomic E-state index is 12.4. The molecule has 0 aromatic heterocycles. The van der Waals surface area contributed by atoms with E-state index in [0.717, 1.165) is 5.56 Å². The van der Waals surface area contributed by atoms with Crippen LogP contribution >= 0.6 is 0 Å². The molecule has 0 heterocycles. The monoisotopic (exact) mass is 404 g/mol. The molecule has 0 aliphatic carbocycles. The summed E-state index contributed by atoms with van der Waals surface area (Å²) in [6.45, 7) is 4.37. The lowest BCUT2D eigenvalue weighted by Crippen LogP contribution is -2.14. The fraction of sp³-hybridized carbons (Fsp3) is 0.200. The third-order valence-electron chi connectivity index (χ3n) is 4.42. The van der Waals surface area contributed by atoms with Crippen LogP contribution in [0.25, 0.3) is 0 Å². The molecule has 0 amide bonds. The van der Waals surface area contributed by atoms with E-state index in [9.17, 15) is 9.59 Å². The van der Waals surface area contributed by atoms with Crippen LogP contribution in [-0.4, -0.2) is 25.0 Å². The molecular formula is C25H24O5. The predicted molar refractivity (Wildman–Crippen MR) is 114 cm³/mol. The lowest BCUT2D eigenvalue weighted by Gasteiger charge is -2.13. The molecule has 3 aromatic carbocycles. The minimum absolute atomic E-state index is 0.257. The number of benzene rings is 3. The van der Waals surface area contributed by atoms with E-state index in [1.54, 1.807) is 42.5 Å². The summed E-state index contributed by atoms with van der Waals surface area (Å²) >= 11 is 0. The number of hydrogen-bond acceptors (Lipinski definition) is 5. The number of Topliss-reactive ketones (excluding diaryl/α,β-unsaturated/α-hetero) is 1. The van der Waals surface area contributed by atoms with E-state index in [0.29, 0.717) is 35.8 Å². The van der Waals surface area contributed by atoms with Gasteiger partial charge in [-0.1, -0.05) is 60.2 Å². The number of carbonyl (C=O) groups excluding carboxylic acids is 2. The van der Waals surface area contributed by atoms with Crippen LogP contribution in [-0.2, 0) is 11.3 Å². The third kappa shape index (κ3) is 5.70. The first kappa shape index (κ1) is 21.1. The highest BCUT2D eigenvalue weighted by molar-refractivity contribution is 5.99. The number of carbonyl (C=O) groups is 2. The Hall–Kier alpha value is -3.60. The van der Waals surface area contributed by atoms with Crippen molar-refractivity contribution in [1.82, 2.24) is 0 Å². The number of aryl methyl sites for hydroxylation is 1. The number of esters is 1. The third-order valence-corrected chi connectivity index (χ3v) is 4.42. The van der Waals surface area contributed by atoms with Crippen molar-refractivity contribution in [2.75, 3.05) is 13.2 Å². The summed E-state index contributed by atoms with van der Waals surface area (Å²) in [5, 5.41) is 0. The SMILES string of the molecule is CCOc1cc(C(=O)OCC(=O)c2ccccc2)ccc1OCc1ccc(C)cc1. The van der Waals surface area contributed by atoms with Crippen LogP contribution in [0.3, 0.4) is 0 Å². The maximum Gasteiger partial charge on any atom is 0.338 e. The summed E-state index contributed by atoms with van der Waals surface area (Å²) in [6.07, 6.45) is 0. The second-order valence-corrected chi connectivity index (χ2v) is 6.73. The molecule has 5 heteroatoms. The van der Waals surface area contributed by atoms with Crippen molar-refractivity contribution >= 4 is 11.8 Å². The zero-order valence-corrected chi connectivity index (χ0v) is 17.1. The highest BCUT2D eigenvalue weighted by Gasteiger charge is 2.15. The van der Waals surface area contributed by atoms with E-state index < -0.39 is 5.97 Å². The first-order chi connectivity index (χ1) is 14.6. The maximum atomic E-state index is 12.4. The Morgan fingerprint density at radius 1 is 0.800 bits per heavy atom. The molecular weight excluding hydrogens is 380 g/mol. The molecule has 30 heavy (non-hydrogen) atoms. The van der Waals surface area contributed by atoms with Crippen molar-refractivity contribution in [2.45, 2.75) is 20.5 Å². The summed E-state index contributed by atoms with van der Waals surface area (Å²) in [5.41, 5.74) is 3.01. The lowest BCUT2D eigenvalue weighted by molar-refractivity contribution is 0.0474. The Kier molecular flexibility index (Phi) is 7.22. The Morgan fingerprint density at radius 3 is 2.23 bits per heavy atom. The smallest absolute Gasteiger partial charge is 0.338 e. The predicted octanol–water partition coefficient (Wildman–Crippen LogP) is 5.01. The fourth-order valence-corrected chi connectivity index (χ4v) is 2.79. The highest BCUT2D eigenvalue weighted by Crippen LogP contribution is 2.29. The van der Waals surface area contributed by atoms with Crippen molar-refractivity contribution in [1.29, 1.82) is 0 Å². The first-order valence-electron chi connectivity index (χ1n) is 9.77. The number of ketones is 1. The molecule has 0 saturated carbocycles. The van der Waals surface area contributed by atoms with Gasteiger partial charge in [0, 0.05) is 5.56 Å². The molecule has 5 nitrogen and oxygen atoms in total. The molecule has 0 aliphatic heterocycles. The van der Waals surface area contributed by atoms with E-state index in [4.69, 9.17) is 14.2 Å². The van der Waals surface area contributed by atoms with Crippen LogP contribution in [0, 0.1) is 6.92 Å². The van der Waals surface area contributed by atoms with Crippen LogP contribution < -0.4 is 9.47 Å². The number of hydrogen-bond donors (Lipinski definition) is 0. The molecule has 0 N–H and O–H groups in total. The van der Waals surface area contributed by atoms with Crippen LogP contribution in [0.15, 0.2) is 72.8 Å². The van der Waals surface area contributed by atoms with Crippen molar-refractivity contribution in [3.05, 3.63) is 95.1 Å². The minimum Gasteiger partial charge on any atom is -0.490 e. The summed E-state index contributed by atoms with van der Waals surface area (Å²) in [5.74, 6) is 0.139. The molecule has 3 aromatic rings. The van der Waals surface area contributed by atoms with Crippen molar-refractivity contribution in [3.8, 4) is 11.5 Å². The quantitative estimate of drug-likeness (QED) is 0.370. The summed E-state index contributed by atoms with van der Waals surface area (Å²) < 4.78 is 16.7. The van der Waals surface area contributed by atoms with E-state index in [2.05, 4.69) is 0 Å². The number of ether oxygens (including phenoxy) is 3. The van der Waals surface area contributed by atoms with Gasteiger partial charge in [0.25, 0.3) is 0 Å². The molecule has 0 atom stereocenters. The van der Waals surface area contributed by atoms with Crippen LogP contribution in [0.5, 0.6) is 11.5 Å². The standard InChI is InChI=1S/C25H24O5/c1-3-28-24-15-21(25(27)30-17-22(26)20-7-5-4-6-8-20)13-14-23(24)29-16-19-11-9-18(2)10-12-19/h4-15H,3,16-17H2,1-2H3. The van der Waals surface area contributed by atoms with Gasteiger partial charge < -0.3 is 14.2 Å². The van der Waals surface area contributed by atoms with Gasteiger partial charge in [-0.2, -0.15) is 0 Å². The second-order valence-electron chi connectivity index (χ2n) is 6.73. The van der Waals surface area contributed by atoms with E-state index in [1.165, 1.54) is 5.56 Å². The molecule has 0 fully saturated rings. The van der Waals surface area contributed by atoms with Gasteiger partial charge in [0.1, 0.15) is 6.61 Å². The first-order valence-corrected chi connectivity index (χ1v) is 9.77. The topological polar surface area (TPSA) is 61.8 Å². The zero-order valence-electron chi connectivity index (χ0n) is 17.1. The minimum atomic E-state index is -0.592. The van der Waals surface area contributed by atoms with E-state index >= 15 is 0 Å². The Morgan fingerprint density at radius 2 is 1.53 bits per heavy atom. The van der Waals surface area contributed by atoms with Crippen molar-refractivity contribution < 1.29 is 23.8 Å². The van der Waals surface area contributed by atoms with Gasteiger partial charge in [0.05, 0.1) is 12.2 Å². The van der Waals surface area contributed by atoms with Crippen LogP contribution in [0.1, 0.15) is 38.8 Å². The largest absolute Gasteiger partial charge is 0.490 e. The average Bonchev–Trinajstić information content (AvgIpc) is 2.78. The summed E-state index contributed by atoms with van der Waals surface area (Å²) in [6, 6.07) is 21.6. The lowest BCUT2D eigenvalue weighted by atomic mass is 10.1. The Labute approximate surface area is 176 Å². The van der Waals surface area contributed by atoms with Crippen molar-refractivity contribution in [3.63, 3.8) is 0 Å². The van der Waals surface area contributed by atoms with E-state index in [-0.39, 0.29) is 12.4 Å². The molecule has 0 radical (unpaired) electrons. The fourth-order valence-electron chi connectivity index (χ4n) is 2.79. The van der Waals surface area contributed by atoms with Crippen LogP contribution in [0.4, 0.5) is 0 Å². The Bertz CT molecular complexity index is 994. The number of rotatable bonds is 9. The van der Waals surface area contributed by atoms with Gasteiger partial charge in [-0.3, -0.25) is 4.79 Å². The van der Waals surface area contributed by atoms with Gasteiger partial charge in [-0.15, -0.1) is 0 Å². The average molecular weight is 404 g/mol. The molecule has 3 rings (SSSR count). The van der Waals surface area contributed by atoms with Crippen LogP contribution in [0.2, 0.25) is 0 Å². The van der Waals surface area contributed by atoms with Gasteiger partial charge >= 0.3 is 5.97 Å². The zero-order chi connectivity index (χ0) is 21.3. The van der Waals surface area contributed by atoms with E-state index in [1.807, 2.05) is 44.2 Å². The molecule has 154 valence electrons. The van der Waals surface area contributed by atoms with Gasteiger partial charge in [0.2, 0.25) is 0 Å². The molecule has 0 unspecified atom stereocenters. The molecule has 0 saturated heterocycles. The Balaban J connectivity index is 1.65. The normalized spacial score (nSPS) is 10.3. The van der Waals surface area contributed by atoms with Crippen molar-refractivity contribution in [2.24, 2.45) is 0 Å². The molecule has 0 aliphatic rings.